The number of aromatic carboxylic acids is 1. The highest BCUT2D eigenvalue weighted by Gasteiger charge is 2.39. The monoisotopic (exact) mass is 464 g/mol. The molecule has 0 saturated heterocycles. The third kappa shape index (κ3) is 5.69. The molecular weight excluding hydrogens is 436 g/mol. The molecule has 0 spiro atoms. The number of carboxylic acids is 1. The zero-order valence-corrected chi connectivity index (χ0v) is 19.7. The summed E-state index contributed by atoms with van der Waals surface area (Å²) in [6.07, 6.45) is -0.206. The summed E-state index contributed by atoms with van der Waals surface area (Å²) in [7, 11) is -2.00. The third-order valence-electron chi connectivity index (χ3n) is 5.23. The molecule has 0 amide bonds. The molecule has 152 valence electrons. The fourth-order valence-electron chi connectivity index (χ4n) is 2.50. The molecule has 4 nitrogen and oxygen atoms in total. The van der Waals surface area contributed by atoms with Gasteiger partial charge in [-0.25, -0.2) is 4.79 Å². The van der Waals surface area contributed by atoms with Crippen LogP contribution in [0.2, 0.25) is 18.1 Å². The standard InChI is InChI=1S/C22H29BrO4Si/c1-22(2,3)28(4,5)27-20(14-23)17-11-12-19(18(13-17)21(24)25)26-15-16-9-7-6-8-10-16/h6-13,20H,14-15H2,1-5H3,(H,24,25)/t20-/m0/s1. The number of alkyl halides is 1. The maximum atomic E-state index is 11.8. The Hall–Kier alpha value is -1.63. The summed E-state index contributed by atoms with van der Waals surface area (Å²) >= 11 is 3.53. The van der Waals surface area contributed by atoms with Gasteiger partial charge >= 0.3 is 5.97 Å². The van der Waals surface area contributed by atoms with Crippen LogP contribution in [-0.4, -0.2) is 24.7 Å². The molecule has 0 bridgehead atoms. The molecule has 1 atom stereocenters. The van der Waals surface area contributed by atoms with Crippen molar-refractivity contribution in [2.75, 3.05) is 5.33 Å². The van der Waals surface area contributed by atoms with Crippen LogP contribution in [0.1, 0.15) is 48.4 Å². The summed E-state index contributed by atoms with van der Waals surface area (Å²) in [5, 5.41) is 10.4. The quantitative estimate of drug-likeness (QED) is 0.361. The largest absolute Gasteiger partial charge is 0.488 e. The van der Waals surface area contributed by atoms with Crippen molar-refractivity contribution in [2.24, 2.45) is 0 Å². The molecule has 0 unspecified atom stereocenters. The molecule has 0 aliphatic carbocycles. The van der Waals surface area contributed by atoms with Crippen molar-refractivity contribution in [2.45, 2.75) is 51.6 Å². The van der Waals surface area contributed by atoms with Crippen LogP contribution in [-0.2, 0) is 11.0 Å². The maximum Gasteiger partial charge on any atom is 0.339 e. The van der Waals surface area contributed by atoms with Gasteiger partial charge in [0.25, 0.3) is 0 Å². The topological polar surface area (TPSA) is 55.8 Å². The summed E-state index contributed by atoms with van der Waals surface area (Å²) in [4.78, 5) is 11.8. The van der Waals surface area contributed by atoms with Crippen LogP contribution in [0, 0.1) is 0 Å². The number of hydrogen-bond donors (Lipinski definition) is 1. The van der Waals surface area contributed by atoms with Crippen LogP contribution in [0.3, 0.4) is 0 Å². The van der Waals surface area contributed by atoms with Gasteiger partial charge in [-0.2, -0.15) is 0 Å². The van der Waals surface area contributed by atoms with E-state index in [2.05, 4.69) is 49.8 Å². The van der Waals surface area contributed by atoms with E-state index >= 15 is 0 Å². The Kier molecular flexibility index (Phi) is 7.48. The molecule has 2 aromatic carbocycles. The number of ether oxygens (including phenoxy) is 1. The van der Waals surface area contributed by atoms with Crippen molar-refractivity contribution in [1.29, 1.82) is 0 Å². The molecule has 2 rings (SSSR count). The van der Waals surface area contributed by atoms with Crippen LogP contribution >= 0.6 is 15.9 Å². The van der Waals surface area contributed by atoms with E-state index in [9.17, 15) is 9.90 Å². The van der Waals surface area contributed by atoms with E-state index in [0.29, 0.717) is 17.7 Å². The first kappa shape index (κ1) is 22.7. The number of halogens is 1. The van der Waals surface area contributed by atoms with E-state index in [4.69, 9.17) is 9.16 Å². The molecule has 1 N–H and O–H groups in total. The number of rotatable bonds is 8. The Balaban J connectivity index is 2.26. The van der Waals surface area contributed by atoms with Gasteiger partial charge in [-0.05, 0) is 41.4 Å². The van der Waals surface area contributed by atoms with E-state index in [-0.39, 0.29) is 16.7 Å². The minimum absolute atomic E-state index is 0.0712. The van der Waals surface area contributed by atoms with Crippen LogP contribution in [0.4, 0.5) is 0 Å². The summed E-state index contributed by atoms with van der Waals surface area (Å²) in [5.74, 6) is -0.647. The first-order valence-corrected chi connectivity index (χ1v) is 13.4. The van der Waals surface area contributed by atoms with Gasteiger partial charge in [-0.3, -0.25) is 0 Å². The maximum absolute atomic E-state index is 11.8. The lowest BCUT2D eigenvalue weighted by Gasteiger charge is -2.39. The third-order valence-corrected chi connectivity index (χ3v) is 10.3. The van der Waals surface area contributed by atoms with Gasteiger partial charge < -0.3 is 14.3 Å². The molecule has 0 fully saturated rings. The number of carboxylic acid groups (broad SMARTS) is 1. The van der Waals surface area contributed by atoms with Crippen molar-refractivity contribution in [1.82, 2.24) is 0 Å². The second-order valence-electron chi connectivity index (χ2n) is 8.36. The van der Waals surface area contributed by atoms with Gasteiger partial charge in [0.2, 0.25) is 0 Å². The molecule has 0 heterocycles. The number of hydrogen-bond acceptors (Lipinski definition) is 3. The molecule has 0 aromatic heterocycles. The molecule has 2 aromatic rings. The van der Waals surface area contributed by atoms with Gasteiger partial charge in [-0.15, -0.1) is 0 Å². The number of carbonyl (C=O) groups is 1. The highest BCUT2D eigenvalue weighted by molar-refractivity contribution is 9.09. The predicted molar refractivity (Wildman–Crippen MR) is 119 cm³/mol. The van der Waals surface area contributed by atoms with Crippen LogP contribution in [0.15, 0.2) is 48.5 Å². The summed E-state index contributed by atoms with van der Waals surface area (Å²) < 4.78 is 12.3. The van der Waals surface area contributed by atoms with Gasteiger partial charge in [-0.1, -0.05) is 73.1 Å². The van der Waals surface area contributed by atoms with E-state index in [1.807, 2.05) is 36.4 Å². The Morgan fingerprint density at radius 2 is 1.79 bits per heavy atom. The SMILES string of the molecule is CC(C)(C)[Si](C)(C)O[C@@H](CBr)c1ccc(OCc2ccccc2)c(C(=O)O)c1. The van der Waals surface area contributed by atoms with Crippen LogP contribution in [0.25, 0.3) is 0 Å². The van der Waals surface area contributed by atoms with Crippen molar-refractivity contribution >= 4 is 30.2 Å². The summed E-state index contributed by atoms with van der Waals surface area (Å²) in [5.41, 5.74) is 1.98. The fraction of sp³-hybridized carbons (Fsp3) is 0.409. The van der Waals surface area contributed by atoms with Gasteiger partial charge in [0, 0.05) is 5.33 Å². The minimum atomic E-state index is -2.00. The summed E-state index contributed by atoms with van der Waals surface area (Å²) in [6.45, 7) is 11.3. The van der Waals surface area contributed by atoms with Crippen molar-refractivity contribution in [3.63, 3.8) is 0 Å². The lowest BCUT2D eigenvalue weighted by Crippen LogP contribution is -2.42. The first-order valence-electron chi connectivity index (χ1n) is 9.33. The predicted octanol–water partition coefficient (Wildman–Crippen LogP) is 6.42. The molecule has 0 saturated carbocycles. The van der Waals surface area contributed by atoms with Gasteiger partial charge in [0.05, 0.1) is 6.10 Å². The highest BCUT2D eigenvalue weighted by atomic mass is 79.9. The zero-order valence-electron chi connectivity index (χ0n) is 17.2. The highest BCUT2D eigenvalue weighted by Crippen LogP contribution is 2.40. The fourth-order valence-corrected chi connectivity index (χ4v) is 4.53. The van der Waals surface area contributed by atoms with Gasteiger partial charge in [0.15, 0.2) is 8.32 Å². The second kappa shape index (κ2) is 9.24. The normalized spacial score (nSPS) is 13.2. The molecular formula is C22H29BrO4Si. The Morgan fingerprint density at radius 1 is 1.14 bits per heavy atom. The summed E-state index contributed by atoms with van der Waals surface area (Å²) in [6, 6.07) is 15.0. The molecule has 6 heteroatoms. The van der Waals surface area contributed by atoms with E-state index in [0.717, 1.165) is 11.1 Å². The second-order valence-corrected chi connectivity index (χ2v) is 13.8. The Bertz CT molecular complexity index is 800. The number of benzene rings is 2. The van der Waals surface area contributed by atoms with E-state index in [1.54, 1.807) is 12.1 Å². The molecule has 0 radical (unpaired) electrons. The zero-order chi connectivity index (χ0) is 20.9. The van der Waals surface area contributed by atoms with Crippen molar-refractivity contribution in [3.05, 3.63) is 65.2 Å². The average molecular weight is 465 g/mol. The average Bonchev–Trinajstić information content (AvgIpc) is 2.64. The molecule has 0 aliphatic rings. The molecule has 0 aliphatic heterocycles. The molecule has 28 heavy (non-hydrogen) atoms. The minimum Gasteiger partial charge on any atom is -0.488 e. The lowest BCUT2D eigenvalue weighted by atomic mass is 10.1. The van der Waals surface area contributed by atoms with Crippen LogP contribution < -0.4 is 4.74 Å². The Labute approximate surface area is 177 Å². The Morgan fingerprint density at radius 3 is 2.32 bits per heavy atom. The van der Waals surface area contributed by atoms with Crippen molar-refractivity contribution < 1.29 is 19.1 Å². The van der Waals surface area contributed by atoms with Crippen LogP contribution in [0.5, 0.6) is 5.75 Å². The lowest BCUT2D eigenvalue weighted by molar-refractivity contribution is 0.0691. The van der Waals surface area contributed by atoms with E-state index in [1.165, 1.54) is 0 Å². The smallest absolute Gasteiger partial charge is 0.339 e. The van der Waals surface area contributed by atoms with Crippen molar-refractivity contribution in [3.8, 4) is 5.75 Å². The first-order chi connectivity index (χ1) is 13.0. The van der Waals surface area contributed by atoms with E-state index < -0.39 is 14.3 Å². The van der Waals surface area contributed by atoms with Gasteiger partial charge in [0.1, 0.15) is 17.9 Å².